The number of nitrogens with zero attached hydrogens (tertiary/aromatic N) is 1. The summed E-state index contributed by atoms with van der Waals surface area (Å²) in [5.41, 5.74) is 1.01. The number of aliphatic imine (C=N–C) groups is 1. The number of allylic oxidation sites excluding steroid dienone is 2. The van der Waals surface area contributed by atoms with Crippen LogP contribution >= 0.6 is 9.24 Å². The molecule has 2 nitrogen and oxygen atoms in total. The van der Waals surface area contributed by atoms with Crippen molar-refractivity contribution >= 4 is 26.5 Å². The van der Waals surface area contributed by atoms with Crippen LogP contribution in [0.15, 0.2) is 53.7 Å². The van der Waals surface area contributed by atoms with Crippen molar-refractivity contribution in [2.45, 2.75) is 6.92 Å². The highest BCUT2D eigenvalue weighted by Crippen LogP contribution is 2.05. The van der Waals surface area contributed by atoms with Crippen molar-refractivity contribution < 1.29 is 4.79 Å². The van der Waals surface area contributed by atoms with Crippen LogP contribution in [-0.2, 0) is 0 Å². The van der Waals surface area contributed by atoms with E-state index in [4.69, 9.17) is 0 Å². The van der Waals surface area contributed by atoms with Crippen molar-refractivity contribution in [3.63, 3.8) is 0 Å². The van der Waals surface area contributed by atoms with Crippen LogP contribution in [0.3, 0.4) is 0 Å². The molecular weight excluding hydrogens is 217 g/mol. The zero-order valence-electron chi connectivity index (χ0n) is 9.18. The first-order valence-electron chi connectivity index (χ1n) is 4.88. The van der Waals surface area contributed by atoms with Gasteiger partial charge in [0.25, 0.3) is 0 Å². The number of carbonyl (C=O) groups excluding carboxylic acids is 1. The van der Waals surface area contributed by atoms with Crippen LogP contribution in [-0.4, -0.2) is 12.0 Å². The van der Waals surface area contributed by atoms with Gasteiger partial charge in [0.1, 0.15) is 0 Å². The van der Waals surface area contributed by atoms with E-state index in [0.29, 0.717) is 11.1 Å². The summed E-state index contributed by atoms with van der Waals surface area (Å²) in [4.78, 5) is 15.8. The van der Waals surface area contributed by atoms with Crippen molar-refractivity contribution in [2.24, 2.45) is 4.99 Å². The number of Topliss-reactive ketones (excluding diaryl/α,β-unsaturated/α-hetero) is 1. The first kappa shape index (κ1) is 12.5. The van der Waals surface area contributed by atoms with Gasteiger partial charge >= 0.3 is 0 Å². The average molecular weight is 231 g/mol. The molecule has 1 aromatic rings. The Hall–Kier alpha value is -1.53. The predicted molar refractivity (Wildman–Crippen MR) is 72.6 cm³/mol. The van der Waals surface area contributed by atoms with Crippen LogP contribution in [0.4, 0.5) is 0 Å². The third-order valence-corrected chi connectivity index (χ3v) is 2.27. The summed E-state index contributed by atoms with van der Waals surface area (Å²) in [5.74, 6) is -0.0995. The lowest BCUT2D eigenvalue weighted by molar-refractivity contribution is 0.104. The predicted octanol–water partition coefficient (Wildman–Crippen LogP) is 2.53. The van der Waals surface area contributed by atoms with E-state index >= 15 is 0 Å². The van der Waals surface area contributed by atoms with Gasteiger partial charge in [-0.05, 0) is 18.3 Å². The van der Waals surface area contributed by atoms with Crippen molar-refractivity contribution in [1.82, 2.24) is 0 Å². The Bertz CT molecular complexity index is 461. The van der Waals surface area contributed by atoms with E-state index in [9.17, 15) is 4.79 Å². The highest BCUT2D eigenvalue weighted by Gasteiger charge is 2.07. The van der Waals surface area contributed by atoms with E-state index in [1.807, 2.05) is 25.1 Å². The standard InChI is InChI=1S/C13H14NOP/c1-3-7-14-9-10(2)13(15)11-5-4-6-12(16)8-11/h3-9H,2,16H2,1H3/b7-3-,14-9-. The van der Waals surface area contributed by atoms with Gasteiger partial charge in [-0.2, -0.15) is 0 Å². The first-order chi connectivity index (χ1) is 7.65. The molecule has 0 spiro atoms. The molecule has 1 unspecified atom stereocenters. The molecule has 3 heteroatoms. The molecule has 16 heavy (non-hydrogen) atoms. The van der Waals surface area contributed by atoms with Gasteiger partial charge in [0.15, 0.2) is 5.78 Å². The van der Waals surface area contributed by atoms with Gasteiger partial charge in [-0.1, -0.05) is 30.9 Å². The Morgan fingerprint density at radius 2 is 2.25 bits per heavy atom. The van der Waals surface area contributed by atoms with E-state index in [0.717, 1.165) is 5.30 Å². The number of hydrogen-bond donors (Lipinski definition) is 0. The van der Waals surface area contributed by atoms with E-state index in [1.165, 1.54) is 6.21 Å². The normalized spacial score (nSPS) is 11.1. The average Bonchev–Trinajstić information content (AvgIpc) is 2.28. The molecule has 0 saturated heterocycles. The molecule has 0 fully saturated rings. The van der Waals surface area contributed by atoms with Gasteiger partial charge in [-0.25, -0.2) is 0 Å². The van der Waals surface area contributed by atoms with Crippen LogP contribution in [0, 0.1) is 0 Å². The number of benzene rings is 1. The molecule has 0 N–H and O–H groups in total. The summed E-state index contributed by atoms with van der Waals surface area (Å²) in [6.45, 7) is 5.55. The molecule has 0 aliphatic heterocycles. The summed E-state index contributed by atoms with van der Waals surface area (Å²) in [6, 6.07) is 7.33. The molecule has 0 saturated carbocycles. The summed E-state index contributed by atoms with van der Waals surface area (Å²) in [5, 5.41) is 0.976. The minimum Gasteiger partial charge on any atom is -0.289 e. The Kier molecular flexibility index (Phi) is 4.81. The minimum absolute atomic E-state index is 0.0995. The third kappa shape index (κ3) is 3.56. The number of rotatable bonds is 4. The second kappa shape index (κ2) is 6.14. The minimum atomic E-state index is -0.0995. The molecular formula is C13H14NOP. The smallest absolute Gasteiger partial charge is 0.193 e. The highest BCUT2D eigenvalue weighted by molar-refractivity contribution is 7.27. The maximum Gasteiger partial charge on any atom is 0.193 e. The van der Waals surface area contributed by atoms with Crippen LogP contribution in [0.1, 0.15) is 17.3 Å². The summed E-state index contributed by atoms with van der Waals surface area (Å²) < 4.78 is 0. The maximum absolute atomic E-state index is 11.9. The summed E-state index contributed by atoms with van der Waals surface area (Å²) in [6.07, 6.45) is 4.87. The fourth-order valence-corrected chi connectivity index (χ4v) is 1.43. The second-order valence-corrected chi connectivity index (χ2v) is 3.91. The fourth-order valence-electron chi connectivity index (χ4n) is 1.14. The first-order valence-corrected chi connectivity index (χ1v) is 5.46. The molecule has 82 valence electrons. The van der Waals surface area contributed by atoms with Gasteiger partial charge in [-0.15, -0.1) is 9.24 Å². The Labute approximate surface area is 98.0 Å². The van der Waals surface area contributed by atoms with Gasteiger partial charge in [0.05, 0.1) is 0 Å². The molecule has 0 radical (unpaired) electrons. The van der Waals surface area contributed by atoms with Crippen LogP contribution < -0.4 is 5.30 Å². The van der Waals surface area contributed by atoms with Crippen LogP contribution in [0.2, 0.25) is 0 Å². The third-order valence-electron chi connectivity index (χ3n) is 1.91. The zero-order valence-corrected chi connectivity index (χ0v) is 10.3. The number of ketones is 1. The lowest BCUT2D eigenvalue weighted by Crippen LogP contribution is -2.05. The SMILES string of the molecule is C=C(/C=N\C=C/C)C(=O)c1cccc(P)c1. The lowest BCUT2D eigenvalue weighted by Gasteiger charge is -2.00. The molecule has 0 amide bonds. The molecule has 1 atom stereocenters. The highest BCUT2D eigenvalue weighted by atomic mass is 31.0. The topological polar surface area (TPSA) is 29.4 Å². The van der Waals surface area contributed by atoms with Crippen molar-refractivity contribution in [2.75, 3.05) is 0 Å². The van der Waals surface area contributed by atoms with E-state index in [2.05, 4.69) is 20.8 Å². The molecule has 0 heterocycles. The Morgan fingerprint density at radius 1 is 1.50 bits per heavy atom. The molecule has 0 aromatic heterocycles. The van der Waals surface area contributed by atoms with Crippen molar-refractivity contribution in [1.29, 1.82) is 0 Å². The Morgan fingerprint density at radius 3 is 2.88 bits per heavy atom. The molecule has 0 aliphatic carbocycles. The van der Waals surface area contributed by atoms with E-state index < -0.39 is 0 Å². The zero-order chi connectivity index (χ0) is 12.0. The quantitative estimate of drug-likeness (QED) is 0.339. The number of carbonyl (C=O) groups is 1. The van der Waals surface area contributed by atoms with Gasteiger partial charge in [0.2, 0.25) is 0 Å². The largest absolute Gasteiger partial charge is 0.289 e. The van der Waals surface area contributed by atoms with Gasteiger partial charge < -0.3 is 0 Å². The van der Waals surface area contributed by atoms with E-state index in [-0.39, 0.29) is 5.78 Å². The Balaban J connectivity index is 2.82. The second-order valence-electron chi connectivity index (χ2n) is 3.24. The number of hydrogen-bond acceptors (Lipinski definition) is 2. The van der Waals surface area contributed by atoms with Gasteiger partial charge in [-0.3, -0.25) is 9.79 Å². The monoisotopic (exact) mass is 231 g/mol. The van der Waals surface area contributed by atoms with Crippen molar-refractivity contribution in [3.8, 4) is 0 Å². The molecule has 1 rings (SSSR count). The lowest BCUT2D eigenvalue weighted by atomic mass is 10.1. The molecule has 0 aliphatic rings. The molecule has 1 aromatic carbocycles. The summed E-state index contributed by atoms with van der Waals surface area (Å²) >= 11 is 0. The molecule has 0 bridgehead atoms. The van der Waals surface area contributed by atoms with Crippen molar-refractivity contribution in [3.05, 3.63) is 54.3 Å². The van der Waals surface area contributed by atoms with Crippen LogP contribution in [0.25, 0.3) is 0 Å². The van der Waals surface area contributed by atoms with Gasteiger partial charge in [0, 0.05) is 23.6 Å². The fraction of sp³-hybridized carbons (Fsp3) is 0.0769. The maximum atomic E-state index is 11.9. The van der Waals surface area contributed by atoms with E-state index in [1.54, 1.807) is 18.3 Å². The van der Waals surface area contributed by atoms with Crippen LogP contribution in [0.5, 0.6) is 0 Å². The summed E-state index contributed by atoms with van der Waals surface area (Å²) in [7, 11) is 2.56.